The van der Waals surface area contributed by atoms with Gasteiger partial charge >= 0.3 is 0 Å². The van der Waals surface area contributed by atoms with Crippen LogP contribution in [0, 0.1) is 0 Å². The quantitative estimate of drug-likeness (QED) is 0.580. The van der Waals surface area contributed by atoms with Gasteiger partial charge in [0.05, 0.1) is 5.52 Å². The first-order valence-corrected chi connectivity index (χ1v) is 6.57. The number of halogens is 1. The average Bonchev–Trinajstić information content (AvgIpc) is 2.38. The second kappa shape index (κ2) is 4.99. The molecule has 1 aromatic carbocycles. The van der Waals surface area contributed by atoms with E-state index in [1.54, 1.807) is 0 Å². The fourth-order valence-corrected chi connectivity index (χ4v) is 2.68. The number of para-hydroxylation sites is 1. The van der Waals surface area contributed by atoms with E-state index in [1.165, 1.54) is 24.0 Å². The van der Waals surface area contributed by atoms with Crippen LogP contribution in [0.25, 0.3) is 10.9 Å². The standard InChI is InChI=1S/C12H7ClN4OS/c13-11-15-8-4-2-1-3-7(8)10(17-11)19-12-14-6-5-9(18)16-12/h1-6H,(H,14,16,18). The van der Waals surface area contributed by atoms with Gasteiger partial charge in [0.25, 0.3) is 5.56 Å². The van der Waals surface area contributed by atoms with Gasteiger partial charge in [0, 0.05) is 17.6 Å². The van der Waals surface area contributed by atoms with Crippen molar-refractivity contribution < 1.29 is 0 Å². The Balaban J connectivity index is 2.12. The van der Waals surface area contributed by atoms with Crippen molar-refractivity contribution in [2.24, 2.45) is 0 Å². The molecule has 0 atom stereocenters. The summed E-state index contributed by atoms with van der Waals surface area (Å²) in [4.78, 5) is 26.3. The first-order valence-electron chi connectivity index (χ1n) is 5.38. The van der Waals surface area contributed by atoms with Gasteiger partial charge in [-0.2, -0.15) is 0 Å². The first-order chi connectivity index (χ1) is 9.22. The van der Waals surface area contributed by atoms with Crippen molar-refractivity contribution in [2.75, 3.05) is 0 Å². The molecule has 0 fully saturated rings. The van der Waals surface area contributed by atoms with Crippen LogP contribution in [0.3, 0.4) is 0 Å². The second-order valence-corrected chi connectivity index (χ2v) is 4.97. The number of fused-ring (bicyclic) bond motifs is 1. The highest BCUT2D eigenvalue weighted by atomic mass is 35.5. The SMILES string of the molecule is O=c1ccnc(Sc2nc(Cl)nc3ccccc23)[nH]1. The Bertz CT molecular complexity index is 805. The molecular formula is C12H7ClN4OS. The molecule has 0 aliphatic carbocycles. The second-order valence-electron chi connectivity index (χ2n) is 3.66. The van der Waals surface area contributed by atoms with Gasteiger partial charge in [-0.05, 0) is 29.4 Å². The molecule has 3 rings (SSSR count). The van der Waals surface area contributed by atoms with Gasteiger partial charge in [0.2, 0.25) is 5.28 Å². The predicted molar refractivity (Wildman–Crippen MR) is 73.5 cm³/mol. The summed E-state index contributed by atoms with van der Waals surface area (Å²) in [6, 6.07) is 8.88. The molecule has 5 nitrogen and oxygen atoms in total. The molecule has 2 heterocycles. The third-order valence-corrected chi connectivity index (χ3v) is 3.46. The fraction of sp³-hybridized carbons (Fsp3) is 0. The molecule has 0 bridgehead atoms. The highest BCUT2D eigenvalue weighted by molar-refractivity contribution is 7.99. The van der Waals surface area contributed by atoms with E-state index in [9.17, 15) is 4.79 Å². The van der Waals surface area contributed by atoms with Crippen LogP contribution in [0.1, 0.15) is 0 Å². The molecule has 0 saturated carbocycles. The lowest BCUT2D eigenvalue weighted by Crippen LogP contribution is -2.05. The number of aromatic nitrogens is 4. The molecule has 0 unspecified atom stereocenters. The van der Waals surface area contributed by atoms with Gasteiger partial charge in [-0.1, -0.05) is 18.2 Å². The minimum Gasteiger partial charge on any atom is -0.301 e. The molecule has 0 radical (unpaired) electrons. The molecule has 0 aliphatic heterocycles. The number of aromatic amines is 1. The summed E-state index contributed by atoms with van der Waals surface area (Å²) in [6.07, 6.45) is 1.45. The summed E-state index contributed by atoms with van der Waals surface area (Å²) in [6.45, 7) is 0. The van der Waals surface area contributed by atoms with Crippen LogP contribution in [0.5, 0.6) is 0 Å². The number of H-pyrrole nitrogens is 1. The van der Waals surface area contributed by atoms with Crippen molar-refractivity contribution in [3.05, 3.63) is 52.2 Å². The van der Waals surface area contributed by atoms with Crippen molar-refractivity contribution in [1.29, 1.82) is 0 Å². The lowest BCUT2D eigenvalue weighted by molar-refractivity contribution is 0.932. The van der Waals surface area contributed by atoms with Gasteiger partial charge in [-0.25, -0.2) is 15.0 Å². The van der Waals surface area contributed by atoms with Crippen molar-refractivity contribution in [3.8, 4) is 0 Å². The molecule has 0 aliphatic rings. The number of nitrogens with one attached hydrogen (secondary N) is 1. The van der Waals surface area contributed by atoms with E-state index in [0.29, 0.717) is 10.2 Å². The number of rotatable bonds is 2. The summed E-state index contributed by atoms with van der Waals surface area (Å²) in [5.41, 5.74) is 0.547. The minimum absolute atomic E-state index is 0.166. The average molecular weight is 291 g/mol. The number of nitrogens with zero attached hydrogens (tertiary/aromatic N) is 3. The van der Waals surface area contributed by atoms with Gasteiger partial charge < -0.3 is 4.98 Å². The van der Waals surface area contributed by atoms with Gasteiger partial charge in [-0.3, -0.25) is 4.79 Å². The molecule has 1 N–H and O–H groups in total. The van der Waals surface area contributed by atoms with Gasteiger partial charge in [0.15, 0.2) is 5.16 Å². The molecule has 94 valence electrons. The Kier molecular flexibility index (Phi) is 3.18. The molecule has 0 amide bonds. The fourth-order valence-electron chi connectivity index (χ4n) is 1.59. The van der Waals surface area contributed by atoms with E-state index in [4.69, 9.17) is 11.6 Å². The van der Waals surface area contributed by atoms with Gasteiger partial charge in [-0.15, -0.1) is 0 Å². The van der Waals surface area contributed by atoms with Crippen LogP contribution in [0.2, 0.25) is 5.28 Å². The Morgan fingerprint density at radius 1 is 1.16 bits per heavy atom. The van der Waals surface area contributed by atoms with Crippen molar-refractivity contribution in [2.45, 2.75) is 10.2 Å². The van der Waals surface area contributed by atoms with E-state index in [2.05, 4.69) is 19.9 Å². The van der Waals surface area contributed by atoms with E-state index in [-0.39, 0.29) is 10.8 Å². The third kappa shape index (κ3) is 2.59. The smallest absolute Gasteiger partial charge is 0.251 e. The summed E-state index contributed by atoms with van der Waals surface area (Å²) in [5, 5.41) is 2.15. The van der Waals surface area contributed by atoms with E-state index in [1.807, 2.05) is 24.3 Å². The number of hydrogen-bond donors (Lipinski definition) is 1. The Morgan fingerprint density at radius 3 is 2.84 bits per heavy atom. The summed E-state index contributed by atoms with van der Waals surface area (Å²) >= 11 is 7.14. The van der Waals surface area contributed by atoms with Crippen LogP contribution >= 0.6 is 23.4 Å². The topological polar surface area (TPSA) is 71.5 Å². The molecule has 7 heteroatoms. The van der Waals surface area contributed by atoms with Gasteiger partial charge in [0.1, 0.15) is 5.03 Å². The monoisotopic (exact) mass is 290 g/mol. The zero-order valence-electron chi connectivity index (χ0n) is 9.50. The van der Waals surface area contributed by atoms with Crippen LogP contribution in [0.4, 0.5) is 0 Å². The Labute approximate surface area is 117 Å². The highest BCUT2D eigenvalue weighted by Gasteiger charge is 2.09. The minimum atomic E-state index is -0.207. The van der Waals surface area contributed by atoms with E-state index < -0.39 is 0 Å². The van der Waals surface area contributed by atoms with E-state index >= 15 is 0 Å². The van der Waals surface area contributed by atoms with Crippen molar-refractivity contribution >= 4 is 34.3 Å². The zero-order chi connectivity index (χ0) is 13.2. The Morgan fingerprint density at radius 2 is 2.00 bits per heavy atom. The maximum atomic E-state index is 11.2. The van der Waals surface area contributed by atoms with Crippen molar-refractivity contribution in [1.82, 2.24) is 19.9 Å². The maximum absolute atomic E-state index is 11.2. The van der Waals surface area contributed by atoms with Crippen LogP contribution in [-0.4, -0.2) is 19.9 Å². The highest BCUT2D eigenvalue weighted by Crippen LogP contribution is 2.29. The van der Waals surface area contributed by atoms with Crippen molar-refractivity contribution in [3.63, 3.8) is 0 Å². The largest absolute Gasteiger partial charge is 0.301 e. The number of benzene rings is 1. The maximum Gasteiger partial charge on any atom is 0.251 e. The lowest BCUT2D eigenvalue weighted by atomic mass is 10.2. The first kappa shape index (κ1) is 12.1. The van der Waals surface area contributed by atoms with Crippen LogP contribution in [-0.2, 0) is 0 Å². The van der Waals surface area contributed by atoms with Crippen LogP contribution in [0.15, 0.2) is 51.5 Å². The molecule has 19 heavy (non-hydrogen) atoms. The number of hydrogen-bond acceptors (Lipinski definition) is 5. The summed E-state index contributed by atoms with van der Waals surface area (Å²) in [5.74, 6) is 0. The Hall–Kier alpha value is -1.92. The molecule has 0 saturated heterocycles. The molecule has 0 spiro atoms. The third-order valence-electron chi connectivity index (χ3n) is 2.38. The molecule has 2 aromatic heterocycles. The zero-order valence-corrected chi connectivity index (χ0v) is 11.1. The molecule has 3 aromatic rings. The summed E-state index contributed by atoms with van der Waals surface area (Å²) in [7, 11) is 0. The predicted octanol–water partition coefficient (Wildman–Crippen LogP) is 2.52. The van der Waals surface area contributed by atoms with Crippen LogP contribution < -0.4 is 5.56 Å². The summed E-state index contributed by atoms with van der Waals surface area (Å²) < 4.78 is 0. The van der Waals surface area contributed by atoms with E-state index in [0.717, 1.165) is 10.9 Å². The molecular weight excluding hydrogens is 284 g/mol. The lowest BCUT2D eigenvalue weighted by Gasteiger charge is -2.04. The normalized spacial score (nSPS) is 10.8.